The summed E-state index contributed by atoms with van der Waals surface area (Å²) in [5.41, 5.74) is 0.677. The van der Waals surface area contributed by atoms with Gasteiger partial charge in [-0.1, -0.05) is 27.7 Å². The number of amides is 1. The molecule has 0 bridgehead atoms. The minimum atomic E-state index is -0.00519. The summed E-state index contributed by atoms with van der Waals surface area (Å²) in [6, 6.07) is 0. The van der Waals surface area contributed by atoms with Gasteiger partial charge in [0.25, 0.3) is 5.91 Å². The Morgan fingerprint density at radius 3 is 2.81 bits per heavy atom. The molecule has 0 aromatic carbocycles. The summed E-state index contributed by atoms with van der Waals surface area (Å²) >= 11 is 0. The van der Waals surface area contributed by atoms with Gasteiger partial charge in [-0.05, 0) is 24.2 Å². The van der Waals surface area contributed by atoms with Crippen LogP contribution in [0.2, 0.25) is 0 Å². The molecule has 1 fully saturated rings. The lowest BCUT2D eigenvalue weighted by atomic mass is 9.80. The summed E-state index contributed by atoms with van der Waals surface area (Å²) in [7, 11) is 0. The van der Waals surface area contributed by atoms with E-state index in [1.807, 2.05) is 4.90 Å². The van der Waals surface area contributed by atoms with Gasteiger partial charge in [-0.15, -0.1) is 0 Å². The van der Waals surface area contributed by atoms with E-state index in [4.69, 9.17) is 0 Å². The quantitative estimate of drug-likeness (QED) is 0.926. The van der Waals surface area contributed by atoms with Crippen LogP contribution in [0.1, 0.15) is 51.0 Å². The number of rotatable bonds is 4. The Bertz CT molecular complexity index is 495. The normalized spacial score (nSPS) is 18.9. The fourth-order valence-electron chi connectivity index (χ4n) is 2.62. The second kappa shape index (κ2) is 6.41. The van der Waals surface area contributed by atoms with Gasteiger partial charge in [0.05, 0.1) is 12.4 Å². The number of nitrogens with zero attached hydrogens (tertiary/aromatic N) is 3. The molecule has 0 aliphatic carbocycles. The van der Waals surface area contributed by atoms with E-state index in [-0.39, 0.29) is 11.3 Å². The Morgan fingerprint density at radius 1 is 1.43 bits per heavy atom. The summed E-state index contributed by atoms with van der Waals surface area (Å²) in [5.74, 6) is 1.22. The third kappa shape index (κ3) is 3.93. The maximum absolute atomic E-state index is 12.5. The Labute approximate surface area is 127 Å². The molecule has 1 aliphatic heterocycles. The van der Waals surface area contributed by atoms with Gasteiger partial charge in [0.15, 0.2) is 0 Å². The van der Waals surface area contributed by atoms with Crippen LogP contribution in [0.5, 0.6) is 0 Å². The highest BCUT2D eigenvalue weighted by Gasteiger charge is 2.34. The zero-order valence-corrected chi connectivity index (χ0v) is 13.5. The molecule has 0 saturated carbocycles. The predicted octanol–water partition coefficient (Wildman–Crippen LogP) is 2.81. The van der Waals surface area contributed by atoms with Crippen LogP contribution in [0.4, 0.5) is 5.82 Å². The molecule has 1 atom stereocenters. The topological polar surface area (TPSA) is 58.1 Å². The number of likely N-dealkylation sites (tertiary alicyclic amines) is 1. The molecule has 0 radical (unpaired) electrons. The van der Waals surface area contributed by atoms with Crippen molar-refractivity contribution in [2.45, 2.75) is 40.5 Å². The number of nitrogens with one attached hydrogen (secondary N) is 1. The highest BCUT2D eigenvalue weighted by atomic mass is 16.2. The average molecular weight is 290 g/mol. The molecule has 21 heavy (non-hydrogen) atoms. The Balaban J connectivity index is 2.04. The van der Waals surface area contributed by atoms with Crippen LogP contribution in [0.25, 0.3) is 0 Å². The van der Waals surface area contributed by atoms with E-state index < -0.39 is 0 Å². The van der Waals surface area contributed by atoms with Crippen LogP contribution >= 0.6 is 0 Å². The van der Waals surface area contributed by atoms with Crippen LogP contribution in [-0.2, 0) is 0 Å². The number of carbonyl (C=O) groups is 1. The highest BCUT2D eigenvalue weighted by molar-refractivity contribution is 5.92. The molecule has 1 saturated heterocycles. The van der Waals surface area contributed by atoms with Crippen LogP contribution in [0.15, 0.2) is 12.4 Å². The second-order valence-corrected chi connectivity index (χ2v) is 6.82. The van der Waals surface area contributed by atoms with E-state index >= 15 is 0 Å². The van der Waals surface area contributed by atoms with Gasteiger partial charge in [-0.2, -0.15) is 0 Å². The summed E-state index contributed by atoms with van der Waals surface area (Å²) in [6.07, 6.45) is 5.30. The van der Waals surface area contributed by atoms with Crippen LogP contribution < -0.4 is 5.32 Å². The van der Waals surface area contributed by atoms with E-state index in [9.17, 15) is 4.79 Å². The Hall–Kier alpha value is -1.65. The minimum Gasteiger partial charge on any atom is -0.369 e. The van der Waals surface area contributed by atoms with Crippen molar-refractivity contribution in [1.82, 2.24) is 14.9 Å². The third-order valence-corrected chi connectivity index (χ3v) is 4.11. The molecule has 1 unspecified atom stereocenters. The SMILES string of the molecule is CCCNc1cncc(C(=O)N2CCC(C(C)(C)C)C2)n1. The molecule has 2 heterocycles. The lowest BCUT2D eigenvalue weighted by Crippen LogP contribution is -2.31. The number of aromatic nitrogens is 2. The van der Waals surface area contributed by atoms with E-state index in [0.717, 1.165) is 32.5 Å². The predicted molar refractivity (Wildman–Crippen MR) is 84.3 cm³/mol. The Morgan fingerprint density at radius 2 is 2.19 bits per heavy atom. The van der Waals surface area contributed by atoms with Gasteiger partial charge >= 0.3 is 0 Å². The van der Waals surface area contributed by atoms with E-state index in [0.29, 0.717) is 17.4 Å². The van der Waals surface area contributed by atoms with E-state index in [2.05, 4.69) is 43.0 Å². The third-order valence-electron chi connectivity index (χ3n) is 4.11. The van der Waals surface area contributed by atoms with Crippen molar-refractivity contribution in [2.75, 3.05) is 25.0 Å². The molecule has 1 aromatic heterocycles. The summed E-state index contributed by atoms with van der Waals surface area (Å²) < 4.78 is 0. The first-order valence-corrected chi connectivity index (χ1v) is 7.77. The van der Waals surface area contributed by atoms with Crippen LogP contribution in [-0.4, -0.2) is 40.4 Å². The molecular formula is C16H26N4O. The molecule has 1 aliphatic rings. The fourth-order valence-corrected chi connectivity index (χ4v) is 2.62. The number of anilines is 1. The number of hydrogen-bond donors (Lipinski definition) is 1. The largest absolute Gasteiger partial charge is 0.369 e. The van der Waals surface area contributed by atoms with Crippen molar-refractivity contribution in [2.24, 2.45) is 11.3 Å². The van der Waals surface area contributed by atoms with Crippen LogP contribution in [0.3, 0.4) is 0 Å². The molecule has 2 rings (SSSR count). The first-order valence-electron chi connectivity index (χ1n) is 7.77. The fraction of sp³-hybridized carbons (Fsp3) is 0.688. The maximum Gasteiger partial charge on any atom is 0.274 e. The van der Waals surface area contributed by atoms with Crippen molar-refractivity contribution in [3.8, 4) is 0 Å². The molecule has 0 spiro atoms. The first kappa shape index (κ1) is 15.7. The number of carbonyl (C=O) groups excluding carboxylic acids is 1. The molecule has 1 aromatic rings. The zero-order valence-electron chi connectivity index (χ0n) is 13.5. The number of hydrogen-bond acceptors (Lipinski definition) is 4. The standard InChI is InChI=1S/C16H26N4O/c1-5-7-18-14-10-17-9-13(19-14)15(21)20-8-6-12(11-20)16(2,3)4/h9-10,12H,5-8,11H2,1-4H3,(H,18,19). The van der Waals surface area contributed by atoms with Crippen molar-refractivity contribution in [3.05, 3.63) is 18.1 Å². The van der Waals surface area contributed by atoms with Gasteiger partial charge in [0.1, 0.15) is 11.5 Å². The lowest BCUT2D eigenvalue weighted by Gasteiger charge is -2.26. The van der Waals surface area contributed by atoms with Crippen molar-refractivity contribution < 1.29 is 4.79 Å². The molecule has 1 amide bonds. The lowest BCUT2D eigenvalue weighted by molar-refractivity contribution is 0.0770. The molecule has 1 N–H and O–H groups in total. The molecule has 5 heteroatoms. The van der Waals surface area contributed by atoms with Gasteiger partial charge in [0, 0.05) is 19.6 Å². The molecule has 5 nitrogen and oxygen atoms in total. The van der Waals surface area contributed by atoms with Crippen molar-refractivity contribution >= 4 is 11.7 Å². The smallest absolute Gasteiger partial charge is 0.274 e. The van der Waals surface area contributed by atoms with Crippen molar-refractivity contribution in [3.63, 3.8) is 0 Å². The summed E-state index contributed by atoms with van der Waals surface area (Å²) in [4.78, 5) is 22.9. The Kier molecular flexibility index (Phi) is 4.80. The van der Waals surface area contributed by atoms with Crippen LogP contribution in [0, 0.1) is 11.3 Å². The molecule has 116 valence electrons. The summed E-state index contributed by atoms with van der Waals surface area (Å²) in [6.45, 7) is 11.3. The summed E-state index contributed by atoms with van der Waals surface area (Å²) in [5, 5.41) is 3.17. The minimum absolute atomic E-state index is 0.00519. The van der Waals surface area contributed by atoms with Gasteiger partial charge < -0.3 is 10.2 Å². The molecular weight excluding hydrogens is 264 g/mol. The van der Waals surface area contributed by atoms with Gasteiger partial charge in [0.2, 0.25) is 0 Å². The van der Waals surface area contributed by atoms with Gasteiger partial charge in [-0.25, -0.2) is 4.98 Å². The second-order valence-electron chi connectivity index (χ2n) is 6.82. The van der Waals surface area contributed by atoms with E-state index in [1.165, 1.54) is 0 Å². The average Bonchev–Trinajstić information content (AvgIpc) is 2.94. The van der Waals surface area contributed by atoms with Crippen molar-refractivity contribution in [1.29, 1.82) is 0 Å². The zero-order chi connectivity index (χ0) is 15.5. The highest BCUT2D eigenvalue weighted by Crippen LogP contribution is 2.33. The first-order chi connectivity index (χ1) is 9.91. The van der Waals surface area contributed by atoms with E-state index in [1.54, 1.807) is 12.4 Å². The monoisotopic (exact) mass is 290 g/mol. The van der Waals surface area contributed by atoms with Gasteiger partial charge in [-0.3, -0.25) is 9.78 Å². The maximum atomic E-state index is 12.5.